The standard InChI is InChI=1S/C9H20N2O2/c1-3-7-13-8-9(12)11-6-5-10-4-2/h10H,3-8H2,1-2H3,(H,11,12). The molecule has 0 saturated heterocycles. The number of hydrogen-bond acceptors (Lipinski definition) is 3. The molecule has 0 heterocycles. The first-order chi connectivity index (χ1) is 6.31. The third-order valence-electron chi connectivity index (χ3n) is 1.46. The molecule has 0 aliphatic carbocycles. The maximum absolute atomic E-state index is 11.0. The second kappa shape index (κ2) is 9.48. The zero-order chi connectivity index (χ0) is 9.94. The van der Waals surface area contributed by atoms with Crippen molar-refractivity contribution in [2.24, 2.45) is 0 Å². The lowest BCUT2D eigenvalue weighted by molar-refractivity contribution is -0.125. The summed E-state index contributed by atoms with van der Waals surface area (Å²) in [5, 5.41) is 5.87. The number of likely N-dealkylation sites (N-methyl/N-ethyl adjacent to an activating group) is 1. The molecule has 2 N–H and O–H groups in total. The van der Waals surface area contributed by atoms with Crippen molar-refractivity contribution in [2.75, 3.05) is 32.8 Å². The summed E-state index contributed by atoms with van der Waals surface area (Å²) in [7, 11) is 0. The Hall–Kier alpha value is -0.610. The fraction of sp³-hybridized carbons (Fsp3) is 0.889. The van der Waals surface area contributed by atoms with E-state index in [-0.39, 0.29) is 12.5 Å². The molecule has 0 fully saturated rings. The van der Waals surface area contributed by atoms with Crippen molar-refractivity contribution >= 4 is 5.91 Å². The summed E-state index contributed by atoms with van der Waals surface area (Å²) in [6.07, 6.45) is 0.949. The van der Waals surface area contributed by atoms with Gasteiger partial charge in [0.2, 0.25) is 5.91 Å². The minimum absolute atomic E-state index is 0.0358. The molecule has 4 nitrogen and oxygen atoms in total. The van der Waals surface area contributed by atoms with Crippen molar-refractivity contribution in [2.45, 2.75) is 20.3 Å². The van der Waals surface area contributed by atoms with E-state index in [4.69, 9.17) is 4.74 Å². The van der Waals surface area contributed by atoms with Gasteiger partial charge in [-0.05, 0) is 13.0 Å². The number of amides is 1. The molecule has 0 aromatic rings. The molecular formula is C9H20N2O2. The molecular weight excluding hydrogens is 168 g/mol. The molecule has 0 aliphatic heterocycles. The van der Waals surface area contributed by atoms with Gasteiger partial charge in [-0.15, -0.1) is 0 Å². The van der Waals surface area contributed by atoms with Gasteiger partial charge in [-0.1, -0.05) is 13.8 Å². The number of nitrogens with one attached hydrogen (secondary N) is 2. The lowest BCUT2D eigenvalue weighted by Crippen LogP contribution is -2.34. The van der Waals surface area contributed by atoms with Crippen LogP contribution in [0.4, 0.5) is 0 Å². The van der Waals surface area contributed by atoms with Gasteiger partial charge in [-0.3, -0.25) is 4.79 Å². The predicted molar refractivity (Wildman–Crippen MR) is 52.7 cm³/mol. The van der Waals surface area contributed by atoms with Crippen LogP contribution in [0.3, 0.4) is 0 Å². The molecule has 0 unspecified atom stereocenters. The van der Waals surface area contributed by atoms with E-state index >= 15 is 0 Å². The number of hydrogen-bond donors (Lipinski definition) is 2. The smallest absolute Gasteiger partial charge is 0.246 e. The average Bonchev–Trinajstić information content (AvgIpc) is 2.13. The highest BCUT2D eigenvalue weighted by Gasteiger charge is 1.98. The average molecular weight is 188 g/mol. The number of ether oxygens (including phenoxy) is 1. The summed E-state index contributed by atoms with van der Waals surface area (Å²) in [5.74, 6) is -0.0358. The van der Waals surface area contributed by atoms with Crippen LogP contribution in [0.25, 0.3) is 0 Å². The van der Waals surface area contributed by atoms with E-state index in [2.05, 4.69) is 10.6 Å². The summed E-state index contributed by atoms with van der Waals surface area (Å²) in [6.45, 7) is 7.30. The molecule has 0 aromatic carbocycles. The van der Waals surface area contributed by atoms with E-state index in [0.717, 1.165) is 19.5 Å². The van der Waals surface area contributed by atoms with E-state index in [0.29, 0.717) is 13.2 Å². The molecule has 78 valence electrons. The van der Waals surface area contributed by atoms with Gasteiger partial charge in [-0.25, -0.2) is 0 Å². The third-order valence-corrected chi connectivity index (χ3v) is 1.46. The summed E-state index contributed by atoms with van der Waals surface area (Å²) in [5.41, 5.74) is 0. The van der Waals surface area contributed by atoms with Gasteiger partial charge in [0.25, 0.3) is 0 Å². The fourth-order valence-corrected chi connectivity index (χ4v) is 0.827. The lowest BCUT2D eigenvalue weighted by Gasteiger charge is -2.05. The Balaban J connectivity index is 3.11. The zero-order valence-corrected chi connectivity index (χ0v) is 8.56. The third kappa shape index (κ3) is 9.30. The highest BCUT2D eigenvalue weighted by molar-refractivity contribution is 5.77. The Labute approximate surface area is 80.0 Å². The minimum atomic E-state index is -0.0358. The maximum Gasteiger partial charge on any atom is 0.246 e. The fourth-order valence-electron chi connectivity index (χ4n) is 0.827. The Kier molecular flexibility index (Phi) is 9.03. The highest BCUT2D eigenvalue weighted by Crippen LogP contribution is 1.79. The number of carbonyl (C=O) groups is 1. The van der Waals surface area contributed by atoms with Crippen LogP contribution in [0.2, 0.25) is 0 Å². The Bertz CT molecular complexity index is 129. The van der Waals surface area contributed by atoms with E-state index in [1.165, 1.54) is 0 Å². The molecule has 0 radical (unpaired) electrons. The van der Waals surface area contributed by atoms with Crippen molar-refractivity contribution in [3.63, 3.8) is 0 Å². The van der Waals surface area contributed by atoms with Gasteiger partial charge in [0, 0.05) is 19.7 Å². The van der Waals surface area contributed by atoms with E-state index in [1.807, 2.05) is 13.8 Å². The van der Waals surface area contributed by atoms with Crippen LogP contribution < -0.4 is 10.6 Å². The maximum atomic E-state index is 11.0. The molecule has 0 aliphatic rings. The van der Waals surface area contributed by atoms with Crippen LogP contribution in [0.15, 0.2) is 0 Å². The van der Waals surface area contributed by atoms with Crippen molar-refractivity contribution in [3.05, 3.63) is 0 Å². The van der Waals surface area contributed by atoms with Crippen molar-refractivity contribution in [3.8, 4) is 0 Å². The summed E-state index contributed by atoms with van der Waals surface area (Å²) < 4.78 is 5.07. The number of carbonyl (C=O) groups excluding carboxylic acids is 1. The SMILES string of the molecule is CCCOCC(=O)NCCNCC. The Morgan fingerprint density at radius 3 is 2.69 bits per heavy atom. The van der Waals surface area contributed by atoms with Gasteiger partial charge in [-0.2, -0.15) is 0 Å². The quantitative estimate of drug-likeness (QED) is 0.533. The van der Waals surface area contributed by atoms with Gasteiger partial charge in [0.05, 0.1) is 0 Å². The van der Waals surface area contributed by atoms with Crippen molar-refractivity contribution < 1.29 is 9.53 Å². The topological polar surface area (TPSA) is 50.4 Å². The predicted octanol–water partition coefficient (Wildman–Crippen LogP) is 0.139. The summed E-state index contributed by atoms with van der Waals surface area (Å²) >= 11 is 0. The molecule has 13 heavy (non-hydrogen) atoms. The van der Waals surface area contributed by atoms with Crippen LogP contribution in [0, 0.1) is 0 Å². The first kappa shape index (κ1) is 12.4. The van der Waals surface area contributed by atoms with Gasteiger partial charge in [0.1, 0.15) is 6.61 Å². The van der Waals surface area contributed by atoms with Crippen molar-refractivity contribution in [1.82, 2.24) is 10.6 Å². The molecule has 0 aromatic heterocycles. The molecule has 0 saturated carbocycles. The highest BCUT2D eigenvalue weighted by atomic mass is 16.5. The first-order valence-corrected chi connectivity index (χ1v) is 4.86. The Morgan fingerprint density at radius 2 is 2.08 bits per heavy atom. The van der Waals surface area contributed by atoms with Gasteiger partial charge in [0.15, 0.2) is 0 Å². The second-order valence-corrected chi connectivity index (χ2v) is 2.76. The lowest BCUT2D eigenvalue weighted by atomic mass is 10.5. The van der Waals surface area contributed by atoms with Gasteiger partial charge >= 0.3 is 0 Å². The minimum Gasteiger partial charge on any atom is -0.372 e. The molecule has 0 spiro atoms. The Morgan fingerprint density at radius 1 is 1.31 bits per heavy atom. The van der Waals surface area contributed by atoms with Crippen molar-refractivity contribution in [1.29, 1.82) is 0 Å². The normalized spacial score (nSPS) is 10.0. The van der Waals surface area contributed by atoms with Gasteiger partial charge < -0.3 is 15.4 Å². The molecule has 0 rings (SSSR count). The number of rotatable bonds is 8. The van der Waals surface area contributed by atoms with E-state index < -0.39 is 0 Å². The molecule has 1 amide bonds. The van der Waals surface area contributed by atoms with Crippen LogP contribution in [0.5, 0.6) is 0 Å². The van der Waals surface area contributed by atoms with E-state index in [1.54, 1.807) is 0 Å². The first-order valence-electron chi connectivity index (χ1n) is 4.86. The van der Waals surface area contributed by atoms with Crippen LogP contribution >= 0.6 is 0 Å². The largest absolute Gasteiger partial charge is 0.372 e. The molecule has 0 atom stereocenters. The monoisotopic (exact) mass is 188 g/mol. The van der Waals surface area contributed by atoms with Crippen LogP contribution in [-0.4, -0.2) is 38.8 Å². The second-order valence-electron chi connectivity index (χ2n) is 2.76. The van der Waals surface area contributed by atoms with Crippen LogP contribution in [-0.2, 0) is 9.53 Å². The zero-order valence-electron chi connectivity index (χ0n) is 8.56. The molecule has 4 heteroatoms. The summed E-state index contributed by atoms with van der Waals surface area (Å²) in [6, 6.07) is 0. The van der Waals surface area contributed by atoms with E-state index in [9.17, 15) is 4.79 Å². The molecule has 0 bridgehead atoms. The summed E-state index contributed by atoms with van der Waals surface area (Å²) in [4.78, 5) is 11.0. The van der Waals surface area contributed by atoms with Crippen LogP contribution in [0.1, 0.15) is 20.3 Å².